The van der Waals surface area contributed by atoms with Crippen LogP contribution in [0.25, 0.3) is 0 Å². The Morgan fingerprint density at radius 3 is 0.760 bits per heavy atom. The van der Waals surface area contributed by atoms with Crippen LogP contribution < -0.4 is 0 Å². The molecule has 0 saturated carbocycles. The molecule has 6 nitrogen and oxygen atoms in total. The average molecular weight is 571 g/mol. The van der Waals surface area contributed by atoms with Crippen molar-refractivity contribution in [1.29, 1.82) is 0 Å². The minimum Gasteiger partial charge on any atom is -0.147 e. The van der Waals surface area contributed by atoms with Gasteiger partial charge in [-0.25, -0.2) is 0 Å². The standard InChI is InChI=1S/3C5H10N2.3ClH.Er/c3*1-6-3-4-7(2)5-6;;;;/h3*3-4H2,1-2H3;3*1H;. The molecule has 0 aromatic carbocycles. The predicted molar refractivity (Wildman–Crippen MR) is 113 cm³/mol. The number of hydrogen-bond donors (Lipinski definition) is 0. The van der Waals surface area contributed by atoms with Crippen molar-refractivity contribution in [3.63, 3.8) is 0 Å². The summed E-state index contributed by atoms with van der Waals surface area (Å²) in [4.78, 5) is 15.0. The third-order valence-electron chi connectivity index (χ3n) is 4.39. The van der Waals surface area contributed by atoms with Gasteiger partial charge in [0.2, 0.25) is 0 Å². The molecule has 0 radical (unpaired) electrons. The Bertz CT molecular complexity index is 501. The molecule has 0 atom stereocenters. The Morgan fingerprint density at radius 1 is 0.440 bits per heavy atom. The summed E-state index contributed by atoms with van der Waals surface area (Å²) in [6, 6.07) is 0. The molecule has 0 spiro atoms. The van der Waals surface area contributed by atoms with Gasteiger partial charge >= 0.3 is 147 Å². The molecular weight excluding hydrogens is 538 g/mol. The summed E-state index contributed by atoms with van der Waals surface area (Å²) in [6.45, 7) is 6.90. The zero-order valence-corrected chi connectivity index (χ0v) is 20.2. The quantitative estimate of drug-likeness (QED) is 0.398. The van der Waals surface area contributed by atoms with E-state index in [4.69, 9.17) is 0 Å². The predicted octanol–water partition coefficient (Wildman–Crippen LogP) is -0.234. The van der Waals surface area contributed by atoms with Gasteiger partial charge in [-0.05, 0) is 0 Å². The van der Waals surface area contributed by atoms with E-state index in [9.17, 15) is 0 Å². The second-order valence-electron chi connectivity index (χ2n) is 6.43. The van der Waals surface area contributed by atoms with E-state index >= 15 is 0 Å². The van der Waals surface area contributed by atoms with Crippen LogP contribution in [-0.4, -0.2) is 117 Å². The van der Waals surface area contributed by atoms with Gasteiger partial charge in [0.15, 0.2) is 0 Å². The number of hydrogen-bond acceptors (Lipinski definition) is 6. The molecule has 3 rings (SSSR count). The average Bonchev–Trinajstić information content (AvgIpc) is 3.08. The first-order valence-corrected chi connectivity index (χ1v) is 10.6. The van der Waals surface area contributed by atoms with Crippen molar-refractivity contribution in [2.45, 2.75) is 0 Å². The van der Waals surface area contributed by atoms with Gasteiger partial charge in [-0.1, -0.05) is 0 Å². The first kappa shape index (κ1) is 26.5. The van der Waals surface area contributed by atoms with Crippen LogP contribution >= 0.6 is 37.2 Å². The Kier molecular flexibility index (Phi) is 11.5. The Balaban J connectivity index is 0.00000192. The third-order valence-corrected chi connectivity index (χ3v) is 11.1. The van der Waals surface area contributed by atoms with Gasteiger partial charge in [-0.2, -0.15) is 0 Å². The molecule has 0 amide bonds. The molecule has 156 valence electrons. The minimum atomic E-state index is -1.43. The Hall–Kier alpha value is 1.49. The van der Waals surface area contributed by atoms with Crippen molar-refractivity contribution in [3.05, 3.63) is 0 Å². The Morgan fingerprint density at radius 2 is 0.600 bits per heavy atom. The monoisotopic (exact) mass is 568 g/mol. The fourth-order valence-corrected chi connectivity index (χ4v) is 9.70. The largest absolute Gasteiger partial charge is 0.147 e. The van der Waals surface area contributed by atoms with E-state index in [1.807, 2.05) is 0 Å². The van der Waals surface area contributed by atoms with E-state index in [0.29, 0.717) is 0 Å². The van der Waals surface area contributed by atoms with Gasteiger partial charge in [-0.3, -0.25) is 0 Å². The first-order valence-electron chi connectivity index (χ1n) is 7.86. The molecule has 3 saturated heterocycles. The van der Waals surface area contributed by atoms with Crippen molar-refractivity contribution < 1.29 is 29.9 Å². The van der Waals surface area contributed by atoms with Crippen LogP contribution in [0.2, 0.25) is 0 Å². The molecule has 3 aliphatic rings. The topological polar surface area (TPSA) is 19.4 Å². The number of nitrogens with zero attached hydrogens (tertiary/aromatic N) is 6. The molecule has 0 aromatic rings. The van der Waals surface area contributed by atoms with Crippen molar-refractivity contribution in [2.75, 3.05) is 81.6 Å². The molecule has 0 aliphatic carbocycles. The molecule has 3 aliphatic heterocycles. The third kappa shape index (κ3) is 5.10. The van der Waals surface area contributed by atoms with Gasteiger partial charge in [0, 0.05) is 0 Å². The summed E-state index contributed by atoms with van der Waals surface area (Å²) in [5.41, 5.74) is 0. The van der Waals surface area contributed by atoms with Crippen molar-refractivity contribution >= 4 is 42.9 Å². The van der Waals surface area contributed by atoms with Crippen LogP contribution in [0.15, 0.2) is 0 Å². The maximum atomic E-state index is 2.50. The molecule has 25 heavy (non-hydrogen) atoms. The zero-order valence-electron chi connectivity index (χ0n) is 15.9. The first-order chi connectivity index (χ1) is 10.4. The van der Waals surface area contributed by atoms with E-state index in [-0.39, 0.29) is 37.2 Å². The summed E-state index contributed by atoms with van der Waals surface area (Å²) >= 11 is -1.43. The van der Waals surface area contributed by atoms with Crippen LogP contribution in [0.3, 0.4) is 0 Å². The van der Waals surface area contributed by atoms with Crippen LogP contribution in [0, 0.1) is 29.9 Å². The van der Waals surface area contributed by atoms with Gasteiger partial charge in [0.25, 0.3) is 0 Å². The molecule has 0 bridgehead atoms. The number of rotatable bonds is 0. The molecule has 0 aromatic heterocycles. The van der Waals surface area contributed by atoms with Crippen LogP contribution in [-0.2, 0) is 0 Å². The van der Waals surface area contributed by atoms with Gasteiger partial charge in [-0.15, -0.1) is 37.2 Å². The van der Waals surface area contributed by atoms with Gasteiger partial charge in [0.1, 0.15) is 0 Å². The molecule has 0 unspecified atom stereocenters. The fraction of sp³-hybridized carbons (Fsp3) is 0.800. The smallest absolute Gasteiger partial charge is 0.147 e. The van der Waals surface area contributed by atoms with E-state index in [2.05, 4.69) is 71.7 Å². The number of halogens is 3. The van der Waals surface area contributed by atoms with Crippen LogP contribution in [0.1, 0.15) is 0 Å². The van der Waals surface area contributed by atoms with Crippen molar-refractivity contribution in [3.8, 4) is 0 Å². The summed E-state index contributed by atoms with van der Waals surface area (Å²) < 4.78 is 4.73. The Labute approximate surface area is 182 Å². The maximum Gasteiger partial charge on any atom is -0.147 e. The summed E-state index contributed by atoms with van der Waals surface area (Å²) in [7, 11) is 13.6. The summed E-state index contributed by atoms with van der Waals surface area (Å²) in [5, 5.41) is 0. The van der Waals surface area contributed by atoms with Gasteiger partial charge < -0.3 is 0 Å². The van der Waals surface area contributed by atoms with E-state index in [1.165, 1.54) is 0 Å². The van der Waals surface area contributed by atoms with E-state index < -0.39 is 29.9 Å². The van der Waals surface area contributed by atoms with Crippen molar-refractivity contribution in [1.82, 2.24) is 29.4 Å². The molecular formula is C15H33Cl3ErN6. The molecule has 0 N–H and O–H groups in total. The second kappa shape index (κ2) is 10.9. The van der Waals surface area contributed by atoms with Crippen molar-refractivity contribution in [2.24, 2.45) is 0 Å². The van der Waals surface area contributed by atoms with Crippen LogP contribution in [0.5, 0.6) is 0 Å². The summed E-state index contributed by atoms with van der Waals surface area (Å²) in [5.74, 6) is 0. The second-order valence-corrected chi connectivity index (χ2v) is 10.3. The van der Waals surface area contributed by atoms with E-state index in [0.717, 1.165) is 39.3 Å². The molecule has 3 fully saturated rings. The minimum absolute atomic E-state index is 0. The molecule has 3 heterocycles. The fourth-order valence-electron chi connectivity index (χ4n) is 3.10. The maximum absolute atomic E-state index is 2.50. The normalized spacial score (nSPS) is 25.2. The van der Waals surface area contributed by atoms with Crippen LogP contribution in [0.4, 0.5) is 0 Å². The van der Waals surface area contributed by atoms with E-state index in [1.54, 1.807) is 5.67 Å². The zero-order chi connectivity index (χ0) is 16.0. The number of likely N-dealkylation sites (N-methyl/N-ethyl adjacent to an activating group) is 6. The SMILES string of the molecule is CN1CCN(C)[C]1=[Er](=[C]1N(C)CCN1C)=[C]1N(C)CCN1C.Cl.Cl.Cl. The summed E-state index contributed by atoms with van der Waals surface area (Å²) in [6.07, 6.45) is 0. The molecule has 10 heteroatoms. The van der Waals surface area contributed by atoms with Gasteiger partial charge in [0.05, 0.1) is 0 Å².